The number of carbonyl (C=O) groups excluding carboxylic acids is 2. The average molecular weight is 376 g/mol. The molecular weight excluding hydrogens is 348 g/mol. The van der Waals surface area contributed by atoms with Crippen LogP contribution in [0.5, 0.6) is 0 Å². The smallest absolute Gasteiger partial charge is 0.319 e. The molecule has 2 aliphatic rings. The maximum Gasteiger partial charge on any atom is 0.319 e. The zero-order valence-electron chi connectivity index (χ0n) is 15.5. The Labute approximate surface area is 158 Å². The number of hydrogen-bond donors (Lipinski definition) is 6. The van der Waals surface area contributed by atoms with Crippen molar-refractivity contribution in [1.29, 1.82) is 0 Å². The van der Waals surface area contributed by atoms with Gasteiger partial charge in [-0.1, -0.05) is 6.07 Å². The summed E-state index contributed by atoms with van der Waals surface area (Å²) in [4.78, 5) is 24.3. The van der Waals surface area contributed by atoms with Crippen molar-refractivity contribution in [3.05, 3.63) is 23.8 Å². The zero-order chi connectivity index (χ0) is 19.4. The minimum atomic E-state index is -0.500. The lowest BCUT2D eigenvalue weighted by molar-refractivity contribution is 0.151. The summed E-state index contributed by atoms with van der Waals surface area (Å²) in [6.07, 6.45) is 3.73. The molecule has 27 heavy (non-hydrogen) atoms. The molecule has 0 aromatic heterocycles. The molecule has 4 unspecified atom stereocenters. The van der Waals surface area contributed by atoms with Gasteiger partial charge in [-0.25, -0.2) is 9.59 Å². The summed E-state index contributed by atoms with van der Waals surface area (Å²) in [6.45, 7) is 1.86. The number of nitrogens with one attached hydrogen (secondary N) is 4. The molecule has 0 radical (unpaired) electrons. The Morgan fingerprint density at radius 3 is 1.96 bits per heavy atom. The molecule has 4 atom stereocenters. The second kappa shape index (κ2) is 8.58. The number of anilines is 2. The van der Waals surface area contributed by atoms with Gasteiger partial charge in [0.25, 0.3) is 0 Å². The summed E-state index contributed by atoms with van der Waals surface area (Å²) in [6, 6.07) is 4.04. The summed E-state index contributed by atoms with van der Waals surface area (Å²) < 4.78 is 0. The van der Waals surface area contributed by atoms with Gasteiger partial charge in [0.15, 0.2) is 0 Å². The van der Waals surface area contributed by atoms with Crippen LogP contribution in [0.3, 0.4) is 0 Å². The molecule has 3 rings (SSSR count). The third kappa shape index (κ3) is 5.11. The topological polar surface area (TPSA) is 123 Å². The van der Waals surface area contributed by atoms with Gasteiger partial charge in [0, 0.05) is 11.4 Å². The Morgan fingerprint density at radius 1 is 0.889 bits per heavy atom. The lowest BCUT2D eigenvalue weighted by Crippen LogP contribution is -2.42. The second-order valence-corrected chi connectivity index (χ2v) is 7.44. The molecule has 4 amide bonds. The largest absolute Gasteiger partial charge is 0.391 e. The molecule has 1 aromatic rings. The van der Waals surface area contributed by atoms with Gasteiger partial charge in [-0.15, -0.1) is 0 Å². The predicted octanol–water partition coefficient (Wildman–Crippen LogP) is 2.06. The van der Waals surface area contributed by atoms with E-state index in [9.17, 15) is 19.8 Å². The highest BCUT2D eigenvalue weighted by Gasteiger charge is 2.27. The summed E-state index contributed by atoms with van der Waals surface area (Å²) in [5.74, 6) is 0. The number of rotatable bonds is 4. The average Bonchev–Trinajstić information content (AvgIpc) is 3.19. The van der Waals surface area contributed by atoms with Gasteiger partial charge in [0.2, 0.25) is 0 Å². The number of aliphatic hydroxyl groups is 2. The molecule has 0 aliphatic heterocycles. The van der Waals surface area contributed by atoms with E-state index in [-0.39, 0.29) is 24.1 Å². The number of amides is 4. The standard InChI is InChI=1S/C19H28N4O4/c1-11-8-9-12(20-18(26)21-13-4-2-6-16(13)24)10-15(11)23-19(27)22-14-5-3-7-17(14)25/h8-10,13-14,16-17,24-25H,2-7H2,1H3,(H2,20,21,26)(H2,22,23,27). The molecule has 2 saturated carbocycles. The van der Waals surface area contributed by atoms with Crippen LogP contribution >= 0.6 is 0 Å². The van der Waals surface area contributed by atoms with Crippen molar-refractivity contribution in [2.75, 3.05) is 10.6 Å². The number of urea groups is 2. The van der Waals surface area contributed by atoms with Crippen LogP contribution in [-0.2, 0) is 0 Å². The third-order valence-electron chi connectivity index (χ3n) is 5.34. The first-order chi connectivity index (χ1) is 12.9. The second-order valence-electron chi connectivity index (χ2n) is 7.44. The number of hydrogen-bond acceptors (Lipinski definition) is 4. The van der Waals surface area contributed by atoms with Crippen LogP contribution in [0, 0.1) is 6.92 Å². The fourth-order valence-electron chi connectivity index (χ4n) is 3.71. The summed E-state index contributed by atoms with van der Waals surface area (Å²) in [5.41, 5.74) is 1.98. The van der Waals surface area contributed by atoms with E-state index >= 15 is 0 Å². The van der Waals surface area contributed by atoms with Gasteiger partial charge in [0.05, 0.1) is 24.3 Å². The fraction of sp³-hybridized carbons (Fsp3) is 0.579. The maximum atomic E-state index is 12.2. The first-order valence-corrected chi connectivity index (χ1v) is 9.54. The van der Waals surface area contributed by atoms with Gasteiger partial charge in [-0.3, -0.25) is 0 Å². The minimum absolute atomic E-state index is 0.225. The molecule has 8 heteroatoms. The molecule has 2 fully saturated rings. The first-order valence-electron chi connectivity index (χ1n) is 9.54. The van der Waals surface area contributed by atoms with Crippen molar-refractivity contribution in [1.82, 2.24) is 10.6 Å². The van der Waals surface area contributed by atoms with E-state index in [1.165, 1.54) is 0 Å². The number of carbonyl (C=O) groups is 2. The summed E-state index contributed by atoms with van der Waals surface area (Å²) >= 11 is 0. The molecule has 1 aromatic carbocycles. The van der Waals surface area contributed by atoms with E-state index in [2.05, 4.69) is 21.3 Å². The lowest BCUT2D eigenvalue weighted by Gasteiger charge is -2.19. The lowest BCUT2D eigenvalue weighted by atomic mass is 10.1. The molecule has 148 valence electrons. The molecule has 0 heterocycles. The van der Waals surface area contributed by atoms with Crippen molar-refractivity contribution in [2.24, 2.45) is 0 Å². The third-order valence-corrected chi connectivity index (χ3v) is 5.34. The fourth-order valence-corrected chi connectivity index (χ4v) is 3.71. The number of benzene rings is 1. The molecule has 0 spiro atoms. The molecular formula is C19H28N4O4. The van der Waals surface area contributed by atoms with Gasteiger partial charge in [0.1, 0.15) is 0 Å². The highest BCUT2D eigenvalue weighted by Crippen LogP contribution is 2.23. The van der Waals surface area contributed by atoms with Gasteiger partial charge in [-0.05, 0) is 63.1 Å². The molecule has 0 saturated heterocycles. The van der Waals surface area contributed by atoms with Gasteiger partial charge in [-0.2, -0.15) is 0 Å². The van der Waals surface area contributed by atoms with E-state index in [0.717, 1.165) is 31.2 Å². The Balaban J connectivity index is 1.56. The Bertz CT molecular complexity index is 696. The van der Waals surface area contributed by atoms with Crippen molar-refractivity contribution < 1.29 is 19.8 Å². The van der Waals surface area contributed by atoms with Gasteiger partial charge < -0.3 is 31.5 Å². The van der Waals surface area contributed by atoms with Crippen molar-refractivity contribution in [2.45, 2.75) is 69.7 Å². The zero-order valence-corrected chi connectivity index (χ0v) is 15.5. The van der Waals surface area contributed by atoms with E-state index in [4.69, 9.17) is 0 Å². The van der Waals surface area contributed by atoms with Crippen LogP contribution in [0.15, 0.2) is 18.2 Å². The van der Waals surface area contributed by atoms with Crippen LogP contribution in [0.1, 0.15) is 44.1 Å². The van der Waals surface area contributed by atoms with Gasteiger partial charge >= 0.3 is 12.1 Å². The van der Waals surface area contributed by atoms with Crippen molar-refractivity contribution in [3.8, 4) is 0 Å². The van der Waals surface area contributed by atoms with Crippen LogP contribution in [0.4, 0.5) is 21.0 Å². The Hall–Kier alpha value is -2.32. The maximum absolute atomic E-state index is 12.2. The highest BCUT2D eigenvalue weighted by molar-refractivity contribution is 5.93. The summed E-state index contributed by atoms with van der Waals surface area (Å²) in [5, 5.41) is 30.7. The quantitative estimate of drug-likeness (QED) is 0.481. The van der Waals surface area contributed by atoms with Crippen LogP contribution in [0.2, 0.25) is 0 Å². The van der Waals surface area contributed by atoms with E-state index in [0.29, 0.717) is 24.2 Å². The normalized spacial score (nSPS) is 27.2. The Kier molecular flexibility index (Phi) is 6.18. The predicted molar refractivity (Wildman–Crippen MR) is 103 cm³/mol. The minimum Gasteiger partial charge on any atom is -0.391 e. The highest BCUT2D eigenvalue weighted by atomic mass is 16.3. The molecule has 0 bridgehead atoms. The summed E-state index contributed by atoms with van der Waals surface area (Å²) in [7, 11) is 0. The SMILES string of the molecule is Cc1ccc(NC(=O)NC2CCCC2O)cc1NC(=O)NC1CCCC1O. The van der Waals surface area contributed by atoms with Crippen molar-refractivity contribution >= 4 is 23.4 Å². The van der Waals surface area contributed by atoms with Crippen molar-refractivity contribution in [3.63, 3.8) is 0 Å². The van der Waals surface area contributed by atoms with E-state index in [1.807, 2.05) is 6.92 Å². The van der Waals surface area contributed by atoms with Crippen LogP contribution < -0.4 is 21.3 Å². The van der Waals surface area contributed by atoms with E-state index in [1.54, 1.807) is 18.2 Å². The molecule has 6 N–H and O–H groups in total. The number of aliphatic hydroxyl groups excluding tert-OH is 2. The van der Waals surface area contributed by atoms with E-state index < -0.39 is 12.2 Å². The number of aryl methyl sites for hydroxylation is 1. The Morgan fingerprint density at radius 2 is 1.44 bits per heavy atom. The molecule has 8 nitrogen and oxygen atoms in total. The first kappa shape index (κ1) is 19.4. The molecule has 2 aliphatic carbocycles. The monoisotopic (exact) mass is 376 g/mol. The van der Waals surface area contributed by atoms with Crippen LogP contribution in [-0.4, -0.2) is 46.6 Å². The van der Waals surface area contributed by atoms with Crippen LogP contribution in [0.25, 0.3) is 0 Å².